The van der Waals surface area contributed by atoms with Crippen LogP contribution in [0.15, 0.2) is 22.7 Å². The summed E-state index contributed by atoms with van der Waals surface area (Å²) in [6.45, 7) is 0.0963. The first-order valence-corrected chi connectivity index (χ1v) is 8.33. The average Bonchev–Trinajstić information content (AvgIpc) is 2.44. The van der Waals surface area contributed by atoms with E-state index >= 15 is 0 Å². The van der Waals surface area contributed by atoms with E-state index in [1.165, 1.54) is 23.9 Å². The predicted octanol–water partition coefficient (Wildman–Crippen LogP) is 2.59. The zero-order valence-electron chi connectivity index (χ0n) is 11.4. The SMILES string of the molecule is CSCCC(NC(=O)NCc1cccc(F)c1Br)C(=O)O. The first-order chi connectivity index (χ1) is 9.95. The summed E-state index contributed by atoms with van der Waals surface area (Å²) in [6.07, 6.45) is 2.20. The first-order valence-electron chi connectivity index (χ1n) is 6.14. The van der Waals surface area contributed by atoms with E-state index in [2.05, 4.69) is 26.6 Å². The van der Waals surface area contributed by atoms with Crippen molar-refractivity contribution in [1.29, 1.82) is 0 Å². The summed E-state index contributed by atoms with van der Waals surface area (Å²) in [4.78, 5) is 22.7. The molecule has 1 atom stereocenters. The van der Waals surface area contributed by atoms with Gasteiger partial charge in [-0.1, -0.05) is 12.1 Å². The van der Waals surface area contributed by atoms with Gasteiger partial charge in [-0.25, -0.2) is 14.0 Å². The van der Waals surface area contributed by atoms with Crippen LogP contribution in [0.1, 0.15) is 12.0 Å². The van der Waals surface area contributed by atoms with Gasteiger partial charge >= 0.3 is 12.0 Å². The van der Waals surface area contributed by atoms with E-state index in [-0.39, 0.29) is 11.0 Å². The van der Waals surface area contributed by atoms with Crippen molar-refractivity contribution in [2.75, 3.05) is 12.0 Å². The molecule has 5 nitrogen and oxygen atoms in total. The number of aliphatic carboxylic acids is 1. The molecule has 116 valence electrons. The molecule has 8 heteroatoms. The van der Waals surface area contributed by atoms with Crippen molar-refractivity contribution in [3.8, 4) is 0 Å². The second kappa shape index (κ2) is 8.89. The van der Waals surface area contributed by atoms with Crippen LogP contribution in [0.4, 0.5) is 9.18 Å². The van der Waals surface area contributed by atoms with Crippen LogP contribution < -0.4 is 10.6 Å². The van der Waals surface area contributed by atoms with E-state index in [4.69, 9.17) is 5.11 Å². The molecule has 2 amide bonds. The van der Waals surface area contributed by atoms with Gasteiger partial charge in [0, 0.05) is 6.54 Å². The summed E-state index contributed by atoms with van der Waals surface area (Å²) in [5.74, 6) is -0.864. The number of thioether (sulfide) groups is 1. The molecule has 0 saturated carbocycles. The van der Waals surface area contributed by atoms with Gasteiger partial charge in [0.1, 0.15) is 11.9 Å². The van der Waals surface area contributed by atoms with Crippen LogP contribution in [0.25, 0.3) is 0 Å². The van der Waals surface area contributed by atoms with Gasteiger partial charge < -0.3 is 15.7 Å². The Bertz CT molecular complexity index is 516. The van der Waals surface area contributed by atoms with E-state index in [0.29, 0.717) is 17.7 Å². The van der Waals surface area contributed by atoms with Crippen molar-refractivity contribution in [3.63, 3.8) is 0 Å². The van der Waals surface area contributed by atoms with E-state index < -0.39 is 23.9 Å². The summed E-state index contributed by atoms with van der Waals surface area (Å²) in [5, 5.41) is 13.9. The molecule has 0 aliphatic carbocycles. The highest BCUT2D eigenvalue weighted by Gasteiger charge is 2.19. The molecule has 0 aliphatic rings. The molecule has 0 spiro atoms. The van der Waals surface area contributed by atoms with Gasteiger partial charge in [-0.3, -0.25) is 0 Å². The highest BCUT2D eigenvalue weighted by Crippen LogP contribution is 2.19. The van der Waals surface area contributed by atoms with Crippen molar-refractivity contribution in [1.82, 2.24) is 10.6 Å². The van der Waals surface area contributed by atoms with E-state index in [1.807, 2.05) is 6.26 Å². The lowest BCUT2D eigenvalue weighted by Crippen LogP contribution is -2.46. The summed E-state index contributed by atoms with van der Waals surface area (Å²) >= 11 is 4.60. The Labute approximate surface area is 134 Å². The number of carboxylic acid groups (broad SMARTS) is 1. The summed E-state index contributed by atoms with van der Waals surface area (Å²) in [5.41, 5.74) is 0.570. The number of hydrogen-bond donors (Lipinski definition) is 3. The van der Waals surface area contributed by atoms with Crippen LogP contribution in [0.2, 0.25) is 0 Å². The topological polar surface area (TPSA) is 78.4 Å². The fourth-order valence-corrected chi connectivity index (χ4v) is 2.44. The predicted molar refractivity (Wildman–Crippen MR) is 83.9 cm³/mol. The number of nitrogens with one attached hydrogen (secondary N) is 2. The van der Waals surface area contributed by atoms with Crippen molar-refractivity contribution >= 4 is 39.7 Å². The lowest BCUT2D eigenvalue weighted by atomic mass is 10.2. The Morgan fingerprint density at radius 2 is 2.19 bits per heavy atom. The maximum absolute atomic E-state index is 13.3. The normalized spacial score (nSPS) is 11.8. The highest BCUT2D eigenvalue weighted by atomic mass is 79.9. The van der Waals surface area contributed by atoms with Crippen LogP contribution in [-0.2, 0) is 11.3 Å². The largest absolute Gasteiger partial charge is 0.480 e. The lowest BCUT2D eigenvalue weighted by molar-refractivity contribution is -0.139. The number of carbonyl (C=O) groups is 2. The smallest absolute Gasteiger partial charge is 0.326 e. The van der Waals surface area contributed by atoms with E-state index in [9.17, 15) is 14.0 Å². The third-order valence-electron chi connectivity index (χ3n) is 2.69. The number of halogens is 2. The van der Waals surface area contributed by atoms with Crippen LogP contribution >= 0.6 is 27.7 Å². The van der Waals surface area contributed by atoms with Crippen LogP contribution in [0, 0.1) is 5.82 Å². The number of carbonyl (C=O) groups excluding carboxylic acids is 1. The molecule has 3 N–H and O–H groups in total. The van der Waals surface area contributed by atoms with Gasteiger partial charge in [0.15, 0.2) is 0 Å². The van der Waals surface area contributed by atoms with E-state index in [1.54, 1.807) is 6.07 Å². The Balaban J connectivity index is 2.52. The fourth-order valence-electron chi connectivity index (χ4n) is 1.56. The summed E-state index contributed by atoms with van der Waals surface area (Å²) < 4.78 is 13.6. The number of hydrogen-bond acceptors (Lipinski definition) is 3. The Hall–Kier alpha value is -1.28. The standard InChI is InChI=1S/C13H16BrFN2O3S/c1-21-6-5-10(12(18)19)17-13(20)16-7-8-3-2-4-9(15)11(8)14/h2-4,10H,5-7H2,1H3,(H,18,19)(H2,16,17,20). The van der Waals surface area contributed by atoms with Crippen LogP contribution in [0.3, 0.4) is 0 Å². The zero-order valence-corrected chi connectivity index (χ0v) is 13.8. The van der Waals surface area contributed by atoms with Crippen molar-refractivity contribution < 1.29 is 19.1 Å². The number of urea groups is 1. The van der Waals surface area contributed by atoms with Gasteiger partial charge in [0.25, 0.3) is 0 Å². The molecule has 0 aliphatic heterocycles. The highest BCUT2D eigenvalue weighted by molar-refractivity contribution is 9.10. The van der Waals surface area contributed by atoms with Gasteiger partial charge in [-0.05, 0) is 46.0 Å². The average molecular weight is 379 g/mol. The molecule has 0 radical (unpaired) electrons. The number of benzene rings is 1. The molecule has 1 aromatic carbocycles. The molecule has 21 heavy (non-hydrogen) atoms. The van der Waals surface area contributed by atoms with Gasteiger partial charge in [-0.2, -0.15) is 11.8 Å². The van der Waals surface area contributed by atoms with E-state index in [0.717, 1.165) is 0 Å². The zero-order chi connectivity index (χ0) is 15.8. The molecular weight excluding hydrogens is 363 g/mol. The molecule has 0 fully saturated rings. The van der Waals surface area contributed by atoms with Crippen LogP contribution in [-0.4, -0.2) is 35.2 Å². The Morgan fingerprint density at radius 1 is 1.48 bits per heavy atom. The molecule has 1 rings (SSSR count). The lowest BCUT2D eigenvalue weighted by Gasteiger charge is -2.15. The third kappa shape index (κ3) is 5.92. The number of amides is 2. The number of rotatable bonds is 7. The molecule has 0 heterocycles. The minimum absolute atomic E-state index is 0.0963. The minimum atomic E-state index is -1.08. The second-order valence-corrected chi connectivity index (χ2v) is 5.99. The molecule has 1 aromatic rings. The molecular formula is C13H16BrFN2O3S. The first kappa shape index (κ1) is 17.8. The molecule has 0 bridgehead atoms. The quantitative estimate of drug-likeness (QED) is 0.681. The van der Waals surface area contributed by atoms with Crippen molar-refractivity contribution in [3.05, 3.63) is 34.1 Å². The van der Waals surface area contributed by atoms with Crippen molar-refractivity contribution in [2.45, 2.75) is 19.0 Å². The maximum Gasteiger partial charge on any atom is 0.326 e. The fraction of sp³-hybridized carbons (Fsp3) is 0.385. The van der Waals surface area contributed by atoms with Gasteiger partial charge in [-0.15, -0.1) is 0 Å². The Kier molecular flexibility index (Phi) is 7.52. The number of carboxylic acids is 1. The van der Waals surface area contributed by atoms with Crippen molar-refractivity contribution in [2.24, 2.45) is 0 Å². The van der Waals surface area contributed by atoms with Gasteiger partial charge in [0.2, 0.25) is 0 Å². The molecule has 0 saturated heterocycles. The van der Waals surface area contributed by atoms with Crippen LogP contribution in [0.5, 0.6) is 0 Å². The van der Waals surface area contributed by atoms with Gasteiger partial charge in [0.05, 0.1) is 4.47 Å². The monoisotopic (exact) mass is 378 g/mol. The summed E-state index contributed by atoms with van der Waals surface area (Å²) in [7, 11) is 0. The molecule has 1 unspecified atom stereocenters. The maximum atomic E-state index is 13.3. The summed E-state index contributed by atoms with van der Waals surface area (Å²) in [6, 6.07) is 2.97. The minimum Gasteiger partial charge on any atom is -0.480 e. The third-order valence-corrected chi connectivity index (χ3v) is 4.22. The Morgan fingerprint density at radius 3 is 2.81 bits per heavy atom. The second-order valence-electron chi connectivity index (χ2n) is 4.21. The molecule has 0 aromatic heterocycles.